The largest absolute Gasteiger partial charge is 0.301 e. The van der Waals surface area contributed by atoms with Gasteiger partial charge < -0.3 is 5.32 Å². The molecule has 1 amide bonds. The van der Waals surface area contributed by atoms with Crippen LogP contribution in [0.5, 0.6) is 0 Å². The lowest BCUT2D eigenvalue weighted by Gasteiger charge is -2.25. The Morgan fingerprint density at radius 2 is 1.91 bits per heavy atom. The highest BCUT2D eigenvalue weighted by molar-refractivity contribution is 5.93. The number of carbonyl (C=O) groups is 1. The second-order valence-corrected chi connectivity index (χ2v) is 5.48. The molecule has 2 aromatic heterocycles. The highest BCUT2D eigenvalue weighted by Gasteiger charge is 2.21. The van der Waals surface area contributed by atoms with Crippen molar-refractivity contribution in [3.63, 3.8) is 0 Å². The van der Waals surface area contributed by atoms with Crippen molar-refractivity contribution >= 4 is 11.9 Å². The molecule has 3 atom stereocenters. The Hall–Kier alpha value is -2.28. The number of hydrogen-bond donors (Lipinski definition) is 2. The monoisotopic (exact) mass is 302 g/mol. The van der Waals surface area contributed by atoms with Gasteiger partial charge in [-0.1, -0.05) is 0 Å². The Morgan fingerprint density at radius 1 is 1.23 bits per heavy atom. The van der Waals surface area contributed by atoms with Crippen LogP contribution in [0.2, 0.25) is 0 Å². The highest BCUT2D eigenvalue weighted by Crippen LogP contribution is 2.11. The van der Waals surface area contributed by atoms with E-state index in [0.717, 1.165) is 5.56 Å². The lowest BCUT2D eigenvalue weighted by molar-refractivity contribution is -0.118. The number of aryl methyl sites for hydroxylation is 1. The van der Waals surface area contributed by atoms with E-state index >= 15 is 0 Å². The van der Waals surface area contributed by atoms with Gasteiger partial charge in [-0.3, -0.25) is 14.8 Å². The summed E-state index contributed by atoms with van der Waals surface area (Å²) in [6.07, 6.45) is 6.99. The molecular formula is C15H22N6O. The summed E-state index contributed by atoms with van der Waals surface area (Å²) in [5.74, 6) is 0.145. The minimum absolute atomic E-state index is 0.0803. The minimum atomic E-state index is -0.363. The van der Waals surface area contributed by atoms with E-state index in [9.17, 15) is 4.79 Å². The van der Waals surface area contributed by atoms with E-state index in [1.165, 1.54) is 0 Å². The van der Waals surface area contributed by atoms with Crippen LogP contribution < -0.4 is 10.6 Å². The van der Waals surface area contributed by atoms with E-state index < -0.39 is 0 Å². The fraction of sp³-hybridized carbons (Fsp3) is 0.467. The van der Waals surface area contributed by atoms with Gasteiger partial charge in [0, 0.05) is 24.6 Å². The zero-order valence-corrected chi connectivity index (χ0v) is 13.3. The van der Waals surface area contributed by atoms with Crippen molar-refractivity contribution in [3.05, 3.63) is 36.4 Å². The SMILES string of the molecule is Cc1cnn([C@H](C)[C@@H](C)N[C@H](C)C(=O)Nc2ncccn2)c1. The molecule has 2 heterocycles. The number of carbonyl (C=O) groups excluding carboxylic acids is 1. The molecule has 118 valence electrons. The summed E-state index contributed by atoms with van der Waals surface area (Å²) < 4.78 is 1.90. The van der Waals surface area contributed by atoms with Crippen LogP contribution >= 0.6 is 0 Å². The number of rotatable bonds is 6. The molecule has 2 N–H and O–H groups in total. The molecule has 0 fully saturated rings. The number of nitrogens with zero attached hydrogens (tertiary/aromatic N) is 4. The Labute approximate surface area is 130 Å². The second kappa shape index (κ2) is 7.13. The molecule has 0 bridgehead atoms. The summed E-state index contributed by atoms with van der Waals surface area (Å²) in [4.78, 5) is 20.1. The minimum Gasteiger partial charge on any atom is -0.301 e. The molecule has 0 radical (unpaired) electrons. The van der Waals surface area contributed by atoms with Crippen LogP contribution in [0, 0.1) is 6.92 Å². The van der Waals surface area contributed by atoms with Gasteiger partial charge in [-0.05, 0) is 39.3 Å². The summed E-state index contributed by atoms with van der Waals surface area (Å²) in [5.41, 5.74) is 1.12. The lowest BCUT2D eigenvalue weighted by atomic mass is 10.1. The first-order valence-corrected chi connectivity index (χ1v) is 7.32. The lowest BCUT2D eigenvalue weighted by Crippen LogP contribution is -2.45. The van der Waals surface area contributed by atoms with E-state index in [4.69, 9.17) is 0 Å². The number of amides is 1. The molecule has 0 aliphatic rings. The topological polar surface area (TPSA) is 84.7 Å². The Morgan fingerprint density at radius 3 is 2.50 bits per heavy atom. The van der Waals surface area contributed by atoms with Gasteiger partial charge in [0.1, 0.15) is 0 Å². The molecule has 0 aliphatic heterocycles. The van der Waals surface area contributed by atoms with E-state index in [1.54, 1.807) is 18.5 Å². The molecule has 2 aromatic rings. The van der Waals surface area contributed by atoms with E-state index in [0.29, 0.717) is 5.95 Å². The fourth-order valence-electron chi connectivity index (χ4n) is 2.08. The summed E-state index contributed by atoms with van der Waals surface area (Å²) in [7, 11) is 0. The third-order valence-corrected chi connectivity index (χ3v) is 3.58. The predicted octanol–water partition coefficient (Wildman–Crippen LogP) is 1.55. The average molecular weight is 302 g/mol. The van der Waals surface area contributed by atoms with Crippen LogP contribution in [-0.4, -0.2) is 37.7 Å². The molecule has 22 heavy (non-hydrogen) atoms. The van der Waals surface area contributed by atoms with Gasteiger partial charge >= 0.3 is 0 Å². The molecule has 0 aliphatic carbocycles. The quantitative estimate of drug-likeness (QED) is 0.845. The zero-order valence-electron chi connectivity index (χ0n) is 13.3. The molecule has 0 spiro atoms. The third kappa shape index (κ3) is 4.11. The first-order chi connectivity index (χ1) is 10.5. The average Bonchev–Trinajstić information content (AvgIpc) is 2.93. The van der Waals surface area contributed by atoms with Crippen molar-refractivity contribution in [3.8, 4) is 0 Å². The summed E-state index contributed by atoms with van der Waals surface area (Å²) >= 11 is 0. The van der Waals surface area contributed by atoms with Gasteiger partial charge in [-0.15, -0.1) is 0 Å². The number of nitrogens with one attached hydrogen (secondary N) is 2. The number of anilines is 1. The molecule has 0 aromatic carbocycles. The van der Waals surface area contributed by atoms with Crippen molar-refractivity contribution in [1.29, 1.82) is 0 Å². The summed E-state index contributed by atoms with van der Waals surface area (Å²) in [5, 5.41) is 10.3. The van der Waals surface area contributed by atoms with Gasteiger partial charge in [0.15, 0.2) is 0 Å². The molecule has 0 unspecified atom stereocenters. The van der Waals surface area contributed by atoms with Crippen molar-refractivity contribution in [2.75, 3.05) is 5.32 Å². The van der Waals surface area contributed by atoms with Crippen molar-refractivity contribution in [2.45, 2.75) is 45.8 Å². The molecule has 7 nitrogen and oxygen atoms in total. The maximum absolute atomic E-state index is 12.1. The zero-order chi connectivity index (χ0) is 16.1. The molecular weight excluding hydrogens is 280 g/mol. The van der Waals surface area contributed by atoms with Gasteiger partial charge in [0.25, 0.3) is 0 Å². The maximum atomic E-state index is 12.1. The molecule has 0 saturated carbocycles. The van der Waals surface area contributed by atoms with Crippen LogP contribution in [0.1, 0.15) is 32.4 Å². The summed E-state index contributed by atoms with van der Waals surface area (Å²) in [6.45, 7) is 7.92. The maximum Gasteiger partial charge on any atom is 0.243 e. The fourth-order valence-corrected chi connectivity index (χ4v) is 2.08. The first kappa shape index (κ1) is 16.1. The highest BCUT2D eigenvalue weighted by atomic mass is 16.2. The van der Waals surface area contributed by atoms with Gasteiger partial charge in [-0.25, -0.2) is 9.97 Å². The normalized spacial score (nSPS) is 15.1. The first-order valence-electron chi connectivity index (χ1n) is 7.32. The van der Waals surface area contributed by atoms with E-state index in [2.05, 4.69) is 32.6 Å². The van der Waals surface area contributed by atoms with Crippen molar-refractivity contribution in [2.24, 2.45) is 0 Å². The van der Waals surface area contributed by atoms with Crippen molar-refractivity contribution in [1.82, 2.24) is 25.1 Å². The van der Waals surface area contributed by atoms with Gasteiger partial charge in [0.2, 0.25) is 11.9 Å². The van der Waals surface area contributed by atoms with Gasteiger partial charge in [0.05, 0.1) is 18.3 Å². The predicted molar refractivity (Wildman–Crippen MR) is 84.4 cm³/mol. The third-order valence-electron chi connectivity index (χ3n) is 3.58. The van der Waals surface area contributed by atoms with Crippen LogP contribution in [0.3, 0.4) is 0 Å². The van der Waals surface area contributed by atoms with Crippen LogP contribution in [0.15, 0.2) is 30.9 Å². The van der Waals surface area contributed by atoms with E-state index in [1.807, 2.05) is 37.8 Å². The van der Waals surface area contributed by atoms with Crippen molar-refractivity contribution < 1.29 is 4.79 Å². The molecule has 7 heteroatoms. The number of aromatic nitrogens is 4. The van der Waals surface area contributed by atoms with Crippen LogP contribution in [-0.2, 0) is 4.79 Å². The number of hydrogen-bond acceptors (Lipinski definition) is 5. The Kier molecular flexibility index (Phi) is 5.21. The standard InChI is InChI=1S/C15H22N6O/c1-10-8-18-21(9-10)13(4)11(2)19-12(3)14(22)20-15-16-6-5-7-17-15/h5-9,11-13,19H,1-4H3,(H,16,17,20,22)/t11-,12-,13-/m1/s1. The van der Waals surface area contributed by atoms with E-state index in [-0.39, 0.29) is 24.0 Å². The Balaban J connectivity index is 1.90. The van der Waals surface area contributed by atoms with Gasteiger partial charge in [-0.2, -0.15) is 5.10 Å². The molecule has 2 rings (SSSR count). The van der Waals surface area contributed by atoms with Crippen LogP contribution in [0.4, 0.5) is 5.95 Å². The Bertz CT molecular complexity index is 612. The smallest absolute Gasteiger partial charge is 0.243 e. The van der Waals surface area contributed by atoms with Crippen LogP contribution in [0.25, 0.3) is 0 Å². The summed E-state index contributed by atoms with van der Waals surface area (Å²) in [6, 6.07) is 1.55. The molecule has 0 saturated heterocycles. The second-order valence-electron chi connectivity index (χ2n) is 5.48.